The molecule has 5 aromatic heterocycles. The van der Waals surface area contributed by atoms with E-state index in [9.17, 15) is 0 Å². The number of benzene rings is 10. The summed E-state index contributed by atoms with van der Waals surface area (Å²) in [5.74, 6) is 0. The lowest BCUT2D eigenvalue weighted by Gasteiger charge is -2.25. The maximum atomic E-state index is 6.35. The molecule has 0 saturated carbocycles. The number of nitrogens with zero attached hydrogens (tertiary/aromatic N) is 4. The van der Waals surface area contributed by atoms with Crippen LogP contribution in [-0.4, -0.2) is 13.4 Å². The van der Waals surface area contributed by atoms with E-state index >= 15 is 0 Å². The van der Waals surface area contributed by atoms with Crippen LogP contribution >= 0.6 is 0 Å². The van der Waals surface area contributed by atoms with E-state index in [-0.39, 0.29) is 0 Å². The molecule has 15 aromatic rings. The van der Waals surface area contributed by atoms with Crippen molar-refractivity contribution in [1.82, 2.24) is 13.4 Å². The minimum atomic E-state index is 0.886. The zero-order chi connectivity index (χ0) is 40.9. The van der Waals surface area contributed by atoms with Gasteiger partial charge < -0.3 is 22.7 Å². The first-order chi connectivity index (χ1) is 31.3. The first-order valence-electron chi connectivity index (χ1n) is 21.6. The van der Waals surface area contributed by atoms with Gasteiger partial charge in [-0.2, -0.15) is 0 Å². The van der Waals surface area contributed by atoms with E-state index in [1.807, 2.05) is 6.07 Å². The SMILES string of the molecule is c1ccc(N(c2ccccc2)c2ccc3c(c2)c2cc4c5ccc6ccc7c8ccccc8n8c9ccccc9n(c4cc2n3-c2ccc3oc4ccccc4c3c2)c5c6c78)cc1. The number of aromatic nitrogens is 3. The van der Waals surface area contributed by atoms with E-state index < -0.39 is 0 Å². The maximum Gasteiger partial charge on any atom is 0.135 e. The Bertz CT molecular complexity index is 4340. The molecule has 10 aromatic carbocycles. The van der Waals surface area contributed by atoms with Crippen molar-refractivity contribution in [1.29, 1.82) is 0 Å². The molecule has 63 heavy (non-hydrogen) atoms. The number of fused-ring (bicyclic) bond motifs is 15. The molecule has 0 aliphatic rings. The largest absolute Gasteiger partial charge is 0.456 e. The van der Waals surface area contributed by atoms with E-state index in [0.29, 0.717) is 0 Å². The molecule has 0 unspecified atom stereocenters. The second-order valence-corrected chi connectivity index (χ2v) is 16.9. The van der Waals surface area contributed by atoms with Crippen LogP contribution in [0.2, 0.25) is 0 Å². The zero-order valence-corrected chi connectivity index (χ0v) is 33.8. The van der Waals surface area contributed by atoms with Gasteiger partial charge in [0, 0.05) is 71.2 Å². The minimum Gasteiger partial charge on any atom is -0.456 e. The standard InChI is InChI=1S/C58H34N4O/c1-3-13-36(14-4-1)59(37-15-5-2-6-16-37)38-25-29-49-44(31-38)46-33-45-43-28-24-35-23-27-42-40-17-7-9-19-48(40)61-50-20-10-11-21-51(50)62(58(43)56(35)57(42)61)53(45)34-52(46)60(49)39-26-30-55-47(32-39)41-18-8-12-22-54(41)63-55/h1-34H. The highest BCUT2D eigenvalue weighted by Gasteiger charge is 2.24. The molecule has 292 valence electrons. The van der Waals surface area contributed by atoms with Gasteiger partial charge in [-0.15, -0.1) is 0 Å². The Balaban J connectivity index is 1.12. The van der Waals surface area contributed by atoms with Crippen LogP contribution in [0.25, 0.3) is 115 Å². The van der Waals surface area contributed by atoms with Crippen LogP contribution < -0.4 is 4.90 Å². The lowest BCUT2D eigenvalue weighted by molar-refractivity contribution is 0.669. The molecule has 0 spiro atoms. The number of hydrogen-bond acceptors (Lipinski definition) is 2. The third kappa shape index (κ3) is 4.35. The van der Waals surface area contributed by atoms with Crippen molar-refractivity contribution >= 4 is 126 Å². The fourth-order valence-electron chi connectivity index (χ4n) is 11.1. The van der Waals surface area contributed by atoms with Crippen LogP contribution in [0.4, 0.5) is 17.1 Å². The predicted octanol–water partition coefficient (Wildman–Crippen LogP) is 15.9. The summed E-state index contributed by atoms with van der Waals surface area (Å²) in [6.45, 7) is 0. The predicted molar refractivity (Wildman–Crippen MR) is 263 cm³/mol. The van der Waals surface area contributed by atoms with Gasteiger partial charge in [-0.25, -0.2) is 0 Å². The molecular weight excluding hydrogens is 769 g/mol. The number of hydrogen-bond donors (Lipinski definition) is 0. The van der Waals surface area contributed by atoms with Gasteiger partial charge in [-0.1, -0.05) is 109 Å². The van der Waals surface area contributed by atoms with Gasteiger partial charge in [-0.3, -0.25) is 0 Å². The summed E-state index contributed by atoms with van der Waals surface area (Å²) in [4.78, 5) is 2.36. The summed E-state index contributed by atoms with van der Waals surface area (Å²) in [6.07, 6.45) is 0. The quantitative estimate of drug-likeness (QED) is 0.177. The fraction of sp³-hybridized carbons (Fsp3) is 0. The molecule has 5 heterocycles. The number of furan rings is 1. The van der Waals surface area contributed by atoms with Crippen molar-refractivity contribution in [3.8, 4) is 5.69 Å². The molecular formula is C58H34N4O. The van der Waals surface area contributed by atoms with Gasteiger partial charge in [0.05, 0.1) is 44.1 Å². The summed E-state index contributed by atoms with van der Waals surface area (Å²) >= 11 is 0. The Labute approximate surface area is 359 Å². The monoisotopic (exact) mass is 802 g/mol. The molecule has 0 bridgehead atoms. The average Bonchev–Trinajstić information content (AvgIpc) is 4.05. The highest BCUT2D eigenvalue weighted by Crippen LogP contribution is 2.46. The van der Waals surface area contributed by atoms with Crippen molar-refractivity contribution < 1.29 is 4.42 Å². The van der Waals surface area contributed by atoms with Crippen molar-refractivity contribution in [2.24, 2.45) is 0 Å². The number of para-hydroxylation sites is 6. The molecule has 0 aliphatic carbocycles. The molecule has 5 nitrogen and oxygen atoms in total. The van der Waals surface area contributed by atoms with Gasteiger partial charge in [0.1, 0.15) is 11.2 Å². The Morgan fingerprint density at radius 3 is 1.65 bits per heavy atom. The average molecular weight is 803 g/mol. The molecule has 0 saturated heterocycles. The third-order valence-electron chi connectivity index (χ3n) is 13.7. The Kier molecular flexibility index (Phi) is 6.36. The van der Waals surface area contributed by atoms with E-state index in [2.05, 4.69) is 218 Å². The lowest BCUT2D eigenvalue weighted by Crippen LogP contribution is -2.09. The van der Waals surface area contributed by atoms with E-state index in [0.717, 1.165) is 55.7 Å². The molecule has 0 aliphatic heterocycles. The second-order valence-electron chi connectivity index (χ2n) is 16.9. The van der Waals surface area contributed by atoms with Crippen LogP contribution in [-0.2, 0) is 0 Å². The van der Waals surface area contributed by atoms with Gasteiger partial charge >= 0.3 is 0 Å². The van der Waals surface area contributed by atoms with Gasteiger partial charge in [0.15, 0.2) is 0 Å². The second kappa shape index (κ2) is 12.1. The molecule has 0 fully saturated rings. The molecule has 15 rings (SSSR count). The Morgan fingerprint density at radius 2 is 0.905 bits per heavy atom. The fourth-order valence-corrected chi connectivity index (χ4v) is 11.1. The summed E-state index contributed by atoms with van der Waals surface area (Å²) in [6, 6.07) is 75.4. The highest BCUT2D eigenvalue weighted by molar-refractivity contribution is 6.31. The van der Waals surface area contributed by atoms with Crippen molar-refractivity contribution in [3.05, 3.63) is 206 Å². The minimum absolute atomic E-state index is 0.886. The molecule has 0 amide bonds. The van der Waals surface area contributed by atoms with Crippen molar-refractivity contribution in [3.63, 3.8) is 0 Å². The molecule has 5 heteroatoms. The van der Waals surface area contributed by atoms with Crippen LogP contribution in [0.5, 0.6) is 0 Å². The zero-order valence-electron chi connectivity index (χ0n) is 33.8. The summed E-state index contributed by atoms with van der Waals surface area (Å²) in [5, 5.41) is 12.2. The van der Waals surface area contributed by atoms with Crippen LogP contribution in [0.1, 0.15) is 0 Å². The van der Waals surface area contributed by atoms with Gasteiger partial charge in [0.2, 0.25) is 0 Å². The normalized spacial score (nSPS) is 12.4. The van der Waals surface area contributed by atoms with E-state index in [1.54, 1.807) is 0 Å². The van der Waals surface area contributed by atoms with Crippen LogP contribution in [0, 0.1) is 0 Å². The van der Waals surface area contributed by atoms with Crippen molar-refractivity contribution in [2.75, 3.05) is 4.90 Å². The third-order valence-corrected chi connectivity index (χ3v) is 13.7. The molecule has 0 radical (unpaired) electrons. The summed E-state index contributed by atoms with van der Waals surface area (Å²) < 4.78 is 13.9. The van der Waals surface area contributed by atoms with Crippen LogP contribution in [0.3, 0.4) is 0 Å². The Morgan fingerprint density at radius 1 is 0.317 bits per heavy atom. The lowest BCUT2D eigenvalue weighted by atomic mass is 10.0. The highest BCUT2D eigenvalue weighted by atomic mass is 16.3. The summed E-state index contributed by atoms with van der Waals surface area (Å²) in [7, 11) is 0. The summed E-state index contributed by atoms with van der Waals surface area (Å²) in [5.41, 5.74) is 15.7. The first-order valence-corrected chi connectivity index (χ1v) is 21.6. The van der Waals surface area contributed by atoms with Gasteiger partial charge in [0.25, 0.3) is 0 Å². The first kappa shape index (κ1) is 33.2. The molecule has 0 atom stereocenters. The van der Waals surface area contributed by atoms with Crippen LogP contribution in [0.15, 0.2) is 211 Å². The van der Waals surface area contributed by atoms with E-state index in [4.69, 9.17) is 4.42 Å². The van der Waals surface area contributed by atoms with E-state index in [1.165, 1.54) is 76.2 Å². The van der Waals surface area contributed by atoms with Crippen molar-refractivity contribution in [2.45, 2.75) is 0 Å². The maximum absolute atomic E-state index is 6.35. The number of rotatable bonds is 4. The Hall–Kier alpha value is -8.54. The topological polar surface area (TPSA) is 30.1 Å². The number of anilines is 3. The smallest absolute Gasteiger partial charge is 0.135 e. The van der Waals surface area contributed by atoms with Gasteiger partial charge in [-0.05, 0) is 102 Å². The molecule has 0 N–H and O–H groups in total.